The summed E-state index contributed by atoms with van der Waals surface area (Å²) in [5, 5.41) is 0.764. The van der Waals surface area contributed by atoms with Gasteiger partial charge in [0.25, 0.3) is 0 Å². The summed E-state index contributed by atoms with van der Waals surface area (Å²) in [6.45, 7) is 4.46. The van der Waals surface area contributed by atoms with Crippen molar-refractivity contribution in [2.75, 3.05) is 0 Å². The topological polar surface area (TPSA) is 0 Å². The van der Waals surface area contributed by atoms with Crippen molar-refractivity contribution in [3.05, 3.63) is 70.2 Å². The molecule has 0 nitrogen and oxygen atoms in total. The molecule has 2 heteroatoms. The predicted octanol–water partition coefficient (Wildman–Crippen LogP) is 6.38. The maximum atomic E-state index is 6.51. The molecule has 0 saturated heterocycles. The van der Waals surface area contributed by atoms with Crippen LogP contribution >= 0.6 is 23.2 Å². The summed E-state index contributed by atoms with van der Waals surface area (Å²) in [5.41, 5.74) is 3.76. The summed E-state index contributed by atoms with van der Waals surface area (Å²) in [5.74, 6) is 0.606. The van der Waals surface area contributed by atoms with E-state index in [2.05, 4.69) is 38.1 Å². The Morgan fingerprint density at radius 2 is 1.45 bits per heavy atom. The van der Waals surface area contributed by atoms with Gasteiger partial charge in [0, 0.05) is 5.02 Å². The lowest BCUT2D eigenvalue weighted by Crippen LogP contribution is -1.97. The van der Waals surface area contributed by atoms with Gasteiger partial charge in [-0.2, -0.15) is 0 Å². The lowest BCUT2D eigenvalue weighted by atomic mass is 9.96. The van der Waals surface area contributed by atoms with E-state index in [1.165, 1.54) is 16.7 Å². The first kappa shape index (κ1) is 15.4. The van der Waals surface area contributed by atoms with Crippen molar-refractivity contribution in [3.8, 4) is 0 Å². The Hall–Kier alpha value is -0.980. The number of alkyl halides is 1. The fourth-order valence-electron chi connectivity index (χ4n) is 2.21. The van der Waals surface area contributed by atoms with Gasteiger partial charge in [-0.3, -0.25) is 0 Å². The van der Waals surface area contributed by atoms with E-state index in [4.69, 9.17) is 23.2 Å². The lowest BCUT2D eigenvalue weighted by Gasteiger charge is -2.13. The number of benzene rings is 2. The van der Waals surface area contributed by atoms with Gasteiger partial charge in [0.05, 0.1) is 5.38 Å². The summed E-state index contributed by atoms with van der Waals surface area (Å²) in [7, 11) is 0. The number of hydrogen-bond acceptors (Lipinski definition) is 0. The van der Waals surface area contributed by atoms with Gasteiger partial charge in [-0.05, 0) is 47.6 Å². The van der Waals surface area contributed by atoms with Crippen molar-refractivity contribution >= 4 is 23.2 Å². The second-order valence-corrected chi connectivity index (χ2v) is 6.24. The van der Waals surface area contributed by atoms with Gasteiger partial charge >= 0.3 is 0 Å². The normalized spacial score (nSPS) is 14.0. The first-order valence-corrected chi connectivity index (χ1v) is 7.90. The molecule has 106 valence electrons. The van der Waals surface area contributed by atoms with E-state index >= 15 is 0 Å². The maximum Gasteiger partial charge on any atom is 0.0625 e. The minimum Gasteiger partial charge on any atom is -0.117 e. The van der Waals surface area contributed by atoms with Crippen LogP contribution in [0.3, 0.4) is 0 Å². The molecule has 0 N–H and O–H groups in total. The first-order chi connectivity index (χ1) is 9.60. The Bertz CT molecular complexity index is 528. The Labute approximate surface area is 131 Å². The molecule has 0 spiro atoms. The maximum absolute atomic E-state index is 6.51. The molecule has 0 bridgehead atoms. The van der Waals surface area contributed by atoms with E-state index in [9.17, 15) is 0 Å². The second-order valence-electron chi connectivity index (χ2n) is 5.27. The average Bonchev–Trinajstić information content (AvgIpc) is 2.49. The molecule has 20 heavy (non-hydrogen) atoms. The zero-order valence-corrected chi connectivity index (χ0v) is 13.5. The summed E-state index contributed by atoms with van der Waals surface area (Å²) in [6.07, 6.45) is 1.98. The number of rotatable bonds is 5. The third kappa shape index (κ3) is 4.01. The van der Waals surface area contributed by atoms with Crippen molar-refractivity contribution in [2.45, 2.75) is 38.0 Å². The molecule has 0 aliphatic heterocycles. The van der Waals surface area contributed by atoms with Crippen LogP contribution in [0.4, 0.5) is 0 Å². The molecule has 0 aromatic heterocycles. The molecule has 2 rings (SSSR count). The van der Waals surface area contributed by atoms with Gasteiger partial charge in [0.15, 0.2) is 0 Å². The van der Waals surface area contributed by atoms with E-state index in [0.717, 1.165) is 17.9 Å². The number of halogens is 2. The van der Waals surface area contributed by atoms with Gasteiger partial charge in [-0.15, -0.1) is 11.6 Å². The molecule has 0 saturated carbocycles. The van der Waals surface area contributed by atoms with Crippen LogP contribution in [-0.4, -0.2) is 0 Å². The fourth-order valence-corrected chi connectivity index (χ4v) is 2.66. The van der Waals surface area contributed by atoms with E-state index in [0.29, 0.717) is 5.92 Å². The van der Waals surface area contributed by atoms with Crippen LogP contribution in [0.25, 0.3) is 0 Å². The molecule has 0 aliphatic carbocycles. The smallest absolute Gasteiger partial charge is 0.0625 e. The van der Waals surface area contributed by atoms with Crippen molar-refractivity contribution < 1.29 is 0 Å². The van der Waals surface area contributed by atoms with Gasteiger partial charge in [-0.25, -0.2) is 0 Å². The SMILES string of the molecule is CCC(C)c1ccc(C(Cl)Cc2ccc(Cl)cc2)cc1. The van der Waals surface area contributed by atoms with Crippen molar-refractivity contribution in [3.63, 3.8) is 0 Å². The fraction of sp³-hybridized carbons (Fsp3) is 0.333. The van der Waals surface area contributed by atoms with Crippen LogP contribution in [0, 0.1) is 0 Å². The van der Waals surface area contributed by atoms with E-state index in [1.807, 2.05) is 24.3 Å². The standard InChI is InChI=1S/C18H20Cl2/c1-3-13(2)15-6-8-16(9-7-15)18(20)12-14-4-10-17(19)11-5-14/h4-11,13,18H,3,12H2,1-2H3. The quantitative estimate of drug-likeness (QED) is 0.562. The van der Waals surface area contributed by atoms with E-state index in [1.54, 1.807) is 0 Å². The van der Waals surface area contributed by atoms with Crippen LogP contribution in [0.5, 0.6) is 0 Å². The second kappa shape index (κ2) is 7.15. The van der Waals surface area contributed by atoms with Crippen LogP contribution in [-0.2, 0) is 6.42 Å². The van der Waals surface area contributed by atoms with Gasteiger partial charge < -0.3 is 0 Å². The largest absolute Gasteiger partial charge is 0.117 e. The summed E-state index contributed by atoms with van der Waals surface area (Å²) >= 11 is 12.4. The summed E-state index contributed by atoms with van der Waals surface area (Å²) in [4.78, 5) is 0. The molecule has 2 atom stereocenters. The summed E-state index contributed by atoms with van der Waals surface area (Å²) in [6, 6.07) is 16.6. The van der Waals surface area contributed by atoms with Crippen LogP contribution in [0.1, 0.15) is 48.3 Å². The Balaban J connectivity index is 2.05. The van der Waals surface area contributed by atoms with Crippen LogP contribution < -0.4 is 0 Å². The highest BCUT2D eigenvalue weighted by molar-refractivity contribution is 6.30. The molecule has 0 aliphatic rings. The third-order valence-electron chi connectivity index (χ3n) is 3.81. The minimum absolute atomic E-state index is 0.00200. The van der Waals surface area contributed by atoms with Crippen molar-refractivity contribution in [2.24, 2.45) is 0 Å². The van der Waals surface area contributed by atoms with Crippen LogP contribution in [0.15, 0.2) is 48.5 Å². The molecular weight excluding hydrogens is 287 g/mol. The molecule has 0 heterocycles. The zero-order chi connectivity index (χ0) is 14.5. The van der Waals surface area contributed by atoms with E-state index in [-0.39, 0.29) is 5.38 Å². The Morgan fingerprint density at radius 3 is 2.00 bits per heavy atom. The average molecular weight is 307 g/mol. The Kier molecular flexibility index (Phi) is 5.51. The molecule has 2 aromatic rings. The highest BCUT2D eigenvalue weighted by Gasteiger charge is 2.10. The Morgan fingerprint density at radius 1 is 0.900 bits per heavy atom. The molecule has 2 unspecified atom stereocenters. The highest BCUT2D eigenvalue weighted by Crippen LogP contribution is 2.27. The minimum atomic E-state index is 0.00200. The zero-order valence-electron chi connectivity index (χ0n) is 11.9. The van der Waals surface area contributed by atoms with Gasteiger partial charge in [0.1, 0.15) is 0 Å². The van der Waals surface area contributed by atoms with Crippen LogP contribution in [0.2, 0.25) is 5.02 Å². The van der Waals surface area contributed by atoms with Crippen molar-refractivity contribution in [1.82, 2.24) is 0 Å². The van der Waals surface area contributed by atoms with Gasteiger partial charge in [0.2, 0.25) is 0 Å². The summed E-state index contributed by atoms with van der Waals surface area (Å²) < 4.78 is 0. The first-order valence-electron chi connectivity index (χ1n) is 7.08. The predicted molar refractivity (Wildman–Crippen MR) is 88.9 cm³/mol. The highest BCUT2D eigenvalue weighted by atomic mass is 35.5. The third-order valence-corrected chi connectivity index (χ3v) is 4.47. The van der Waals surface area contributed by atoms with Crippen molar-refractivity contribution in [1.29, 1.82) is 0 Å². The van der Waals surface area contributed by atoms with E-state index < -0.39 is 0 Å². The lowest BCUT2D eigenvalue weighted by molar-refractivity contribution is 0.732. The van der Waals surface area contributed by atoms with Gasteiger partial charge in [-0.1, -0.05) is 61.8 Å². The molecule has 0 amide bonds. The molecule has 0 radical (unpaired) electrons. The molecule has 2 aromatic carbocycles. The monoisotopic (exact) mass is 306 g/mol. The molecular formula is C18H20Cl2. The molecule has 0 fully saturated rings. The number of hydrogen-bond donors (Lipinski definition) is 0.